The Balaban J connectivity index is 1.65. The first kappa shape index (κ1) is 28.9. The van der Waals surface area contributed by atoms with E-state index in [0.29, 0.717) is 45.1 Å². The number of allylic oxidation sites excluding steroid dienone is 2. The molecule has 0 radical (unpaired) electrons. The zero-order valence-corrected chi connectivity index (χ0v) is 20.9. The number of amides is 1. The summed E-state index contributed by atoms with van der Waals surface area (Å²) in [6.07, 6.45) is 13.3. The third kappa shape index (κ3) is 10.4. The van der Waals surface area contributed by atoms with E-state index in [-0.39, 0.29) is 29.2 Å². The van der Waals surface area contributed by atoms with Gasteiger partial charge in [0.25, 0.3) is 0 Å². The first-order valence-electron chi connectivity index (χ1n) is 13.0. The van der Waals surface area contributed by atoms with Crippen molar-refractivity contribution in [2.45, 2.75) is 89.4 Å². The highest BCUT2D eigenvalue weighted by Gasteiger charge is 2.39. The molecule has 0 aliphatic heterocycles. The Labute approximate surface area is 209 Å². The van der Waals surface area contributed by atoms with Crippen molar-refractivity contribution in [2.75, 3.05) is 6.54 Å². The van der Waals surface area contributed by atoms with Gasteiger partial charge in [0.15, 0.2) is 11.5 Å². The minimum Gasteiger partial charge on any atom is -0.504 e. The molecular weight excluding hydrogens is 446 g/mol. The van der Waals surface area contributed by atoms with Gasteiger partial charge in [-0.15, -0.1) is 0 Å². The molecule has 7 heteroatoms. The van der Waals surface area contributed by atoms with Crippen LogP contribution >= 0.6 is 0 Å². The third-order valence-corrected chi connectivity index (χ3v) is 6.70. The number of rotatable bonds is 15. The highest BCUT2D eigenvalue weighted by atomic mass is 16.3. The lowest BCUT2D eigenvalue weighted by atomic mass is 9.89. The average Bonchev–Trinajstić information content (AvgIpc) is 3.09. The minimum atomic E-state index is -0.600. The standard InChI is InChI=1S/C28H43NO6/c1-2-3-6-9-21(30)13-14-23-22(25(32)19-26(23)33)10-7-4-5-8-11-28(35)29-17-16-20-12-15-24(31)27(34)18-20/h4,7,12-15,18,21-23,25-26,30-34H,2-3,5-6,8-11,16-17,19H2,1H3,(H,29,35)/b7-4-,14-13+/t21?,22-,23-,25+,26-/m1/s1. The Kier molecular flexibility index (Phi) is 12.9. The molecule has 196 valence electrons. The number of aliphatic hydroxyl groups excluding tert-OH is 3. The normalized spacial score (nSPS) is 23.3. The van der Waals surface area contributed by atoms with E-state index in [1.165, 1.54) is 12.1 Å². The Bertz CT molecular complexity index is 824. The number of carbonyl (C=O) groups excluding carboxylic acids is 1. The highest BCUT2D eigenvalue weighted by molar-refractivity contribution is 5.75. The van der Waals surface area contributed by atoms with Gasteiger partial charge in [-0.1, -0.05) is 56.6 Å². The maximum atomic E-state index is 12.0. The molecule has 1 aromatic rings. The van der Waals surface area contributed by atoms with Crippen molar-refractivity contribution in [1.82, 2.24) is 5.32 Å². The molecule has 1 aliphatic rings. The van der Waals surface area contributed by atoms with Gasteiger partial charge in [0, 0.05) is 25.3 Å². The van der Waals surface area contributed by atoms with Crippen LogP contribution in [0.3, 0.4) is 0 Å². The molecule has 5 atom stereocenters. The summed E-state index contributed by atoms with van der Waals surface area (Å²) in [4.78, 5) is 12.0. The lowest BCUT2D eigenvalue weighted by molar-refractivity contribution is -0.121. The maximum absolute atomic E-state index is 12.0. The Hall–Kier alpha value is -2.35. The fourth-order valence-corrected chi connectivity index (χ4v) is 4.57. The van der Waals surface area contributed by atoms with Crippen molar-refractivity contribution in [1.29, 1.82) is 0 Å². The lowest BCUT2D eigenvalue weighted by Crippen LogP contribution is -2.25. The average molecular weight is 490 g/mol. The maximum Gasteiger partial charge on any atom is 0.220 e. The van der Waals surface area contributed by atoms with Gasteiger partial charge in [0.2, 0.25) is 5.91 Å². The van der Waals surface area contributed by atoms with Gasteiger partial charge in [-0.05, 0) is 55.7 Å². The molecule has 7 nitrogen and oxygen atoms in total. The van der Waals surface area contributed by atoms with Crippen LogP contribution in [0.25, 0.3) is 0 Å². The van der Waals surface area contributed by atoms with Crippen molar-refractivity contribution >= 4 is 5.91 Å². The minimum absolute atomic E-state index is 0.0292. The molecule has 1 aliphatic carbocycles. The van der Waals surface area contributed by atoms with Crippen molar-refractivity contribution in [3.05, 3.63) is 48.1 Å². The van der Waals surface area contributed by atoms with Gasteiger partial charge in [-0.2, -0.15) is 0 Å². The molecule has 2 rings (SSSR count). The summed E-state index contributed by atoms with van der Waals surface area (Å²) in [5, 5.41) is 52.5. The second kappa shape index (κ2) is 15.6. The van der Waals surface area contributed by atoms with E-state index in [1.54, 1.807) is 12.1 Å². The van der Waals surface area contributed by atoms with Crippen LogP contribution in [0, 0.1) is 11.8 Å². The van der Waals surface area contributed by atoms with Crippen LogP contribution in [0.1, 0.15) is 70.3 Å². The van der Waals surface area contributed by atoms with E-state index in [0.717, 1.165) is 31.2 Å². The van der Waals surface area contributed by atoms with Gasteiger partial charge >= 0.3 is 0 Å². The first-order valence-corrected chi connectivity index (χ1v) is 13.0. The zero-order chi connectivity index (χ0) is 25.6. The van der Waals surface area contributed by atoms with Gasteiger partial charge in [-0.25, -0.2) is 0 Å². The number of hydrogen-bond acceptors (Lipinski definition) is 6. The van der Waals surface area contributed by atoms with Crippen LogP contribution < -0.4 is 5.32 Å². The predicted molar refractivity (Wildman–Crippen MR) is 137 cm³/mol. The molecule has 6 N–H and O–H groups in total. The second-order valence-electron chi connectivity index (χ2n) is 9.58. The summed E-state index contributed by atoms with van der Waals surface area (Å²) in [7, 11) is 0. The number of phenols is 2. The molecule has 1 saturated carbocycles. The summed E-state index contributed by atoms with van der Waals surface area (Å²) in [5.41, 5.74) is 0.835. The highest BCUT2D eigenvalue weighted by Crippen LogP contribution is 2.36. The molecule has 35 heavy (non-hydrogen) atoms. The number of benzene rings is 1. The molecule has 0 aromatic heterocycles. The Morgan fingerprint density at radius 2 is 1.91 bits per heavy atom. The van der Waals surface area contributed by atoms with Gasteiger partial charge < -0.3 is 30.8 Å². The van der Waals surface area contributed by atoms with Crippen molar-refractivity contribution in [2.24, 2.45) is 11.8 Å². The largest absolute Gasteiger partial charge is 0.504 e. The number of phenolic OH excluding ortho intramolecular Hbond substituents is 2. The molecule has 1 unspecified atom stereocenters. The SMILES string of the molecule is CCCCCC(O)/C=C/[C@@H]1[C@@H](C/C=C\CCCC(=O)NCCc2ccc(O)c(O)c2)[C@@H](O)C[C@H]1O. The molecule has 1 amide bonds. The summed E-state index contributed by atoms with van der Waals surface area (Å²) >= 11 is 0. The van der Waals surface area contributed by atoms with E-state index < -0.39 is 18.3 Å². The van der Waals surface area contributed by atoms with E-state index in [2.05, 4.69) is 12.2 Å². The molecule has 1 aromatic carbocycles. The Morgan fingerprint density at radius 3 is 2.66 bits per heavy atom. The van der Waals surface area contributed by atoms with Crippen LogP contribution in [0.5, 0.6) is 11.5 Å². The van der Waals surface area contributed by atoms with Gasteiger partial charge in [0.1, 0.15) is 0 Å². The number of carbonyl (C=O) groups is 1. The van der Waals surface area contributed by atoms with Crippen LogP contribution in [-0.2, 0) is 11.2 Å². The van der Waals surface area contributed by atoms with Gasteiger partial charge in [0.05, 0.1) is 18.3 Å². The fraction of sp³-hybridized carbons (Fsp3) is 0.607. The molecule has 0 heterocycles. The van der Waals surface area contributed by atoms with Crippen LogP contribution in [-0.4, -0.2) is 56.3 Å². The van der Waals surface area contributed by atoms with Crippen LogP contribution in [0.4, 0.5) is 0 Å². The lowest BCUT2D eigenvalue weighted by Gasteiger charge is -2.19. The van der Waals surface area contributed by atoms with Crippen molar-refractivity contribution in [3.8, 4) is 11.5 Å². The molecule has 0 spiro atoms. The number of unbranched alkanes of at least 4 members (excludes halogenated alkanes) is 3. The zero-order valence-electron chi connectivity index (χ0n) is 20.9. The van der Waals surface area contributed by atoms with Crippen molar-refractivity contribution in [3.63, 3.8) is 0 Å². The number of nitrogens with one attached hydrogen (secondary N) is 1. The Morgan fingerprint density at radius 1 is 1.11 bits per heavy atom. The monoisotopic (exact) mass is 489 g/mol. The van der Waals surface area contributed by atoms with Crippen LogP contribution in [0.2, 0.25) is 0 Å². The summed E-state index contributed by atoms with van der Waals surface area (Å²) in [6, 6.07) is 4.63. The van der Waals surface area contributed by atoms with E-state index in [4.69, 9.17) is 0 Å². The molecule has 0 saturated heterocycles. The fourth-order valence-electron chi connectivity index (χ4n) is 4.57. The molecule has 1 fully saturated rings. The number of hydrogen-bond donors (Lipinski definition) is 6. The quantitative estimate of drug-likeness (QED) is 0.126. The number of aromatic hydroxyl groups is 2. The first-order chi connectivity index (χ1) is 16.8. The smallest absolute Gasteiger partial charge is 0.220 e. The summed E-state index contributed by atoms with van der Waals surface area (Å²) in [5.74, 6) is -0.603. The summed E-state index contributed by atoms with van der Waals surface area (Å²) in [6.45, 7) is 2.59. The second-order valence-corrected chi connectivity index (χ2v) is 9.58. The predicted octanol–water partition coefficient (Wildman–Crippen LogP) is 3.73. The summed E-state index contributed by atoms with van der Waals surface area (Å²) < 4.78 is 0. The van der Waals surface area contributed by atoms with E-state index in [9.17, 15) is 30.3 Å². The third-order valence-electron chi connectivity index (χ3n) is 6.70. The topological polar surface area (TPSA) is 130 Å². The molecular formula is C28H43NO6. The number of aliphatic hydroxyl groups is 3. The van der Waals surface area contributed by atoms with Crippen LogP contribution in [0.15, 0.2) is 42.5 Å². The van der Waals surface area contributed by atoms with E-state index >= 15 is 0 Å². The molecule has 0 bridgehead atoms. The van der Waals surface area contributed by atoms with E-state index in [1.807, 2.05) is 18.2 Å². The van der Waals surface area contributed by atoms with Crippen molar-refractivity contribution < 1.29 is 30.3 Å². The van der Waals surface area contributed by atoms with Gasteiger partial charge in [-0.3, -0.25) is 4.79 Å².